The summed E-state index contributed by atoms with van der Waals surface area (Å²) in [5.41, 5.74) is 4.65. The molecule has 0 aromatic heterocycles. The van der Waals surface area contributed by atoms with Crippen LogP contribution in [-0.2, 0) is 4.79 Å². The summed E-state index contributed by atoms with van der Waals surface area (Å²) in [5, 5.41) is 27.2. The highest BCUT2D eigenvalue weighted by Crippen LogP contribution is 2.10. The number of aliphatic hydroxyl groups excluding tert-OH is 1. The fourth-order valence-corrected chi connectivity index (χ4v) is 3.26. The Hall–Kier alpha value is -3.22. The van der Waals surface area contributed by atoms with E-state index in [0.29, 0.717) is 12.1 Å². The molecular weight excluding hydrogens is 444 g/mol. The molecule has 0 aliphatic carbocycles. The zero-order chi connectivity index (χ0) is 25.5. The Balaban J connectivity index is 1.84. The minimum Gasteiger partial charge on any atom is -0.391 e. The summed E-state index contributed by atoms with van der Waals surface area (Å²) in [7, 11) is 0. The molecule has 0 unspecified atom stereocenters. The van der Waals surface area contributed by atoms with Crippen LogP contribution in [0.5, 0.6) is 0 Å². The van der Waals surface area contributed by atoms with Gasteiger partial charge in [0.05, 0.1) is 18.7 Å². The summed E-state index contributed by atoms with van der Waals surface area (Å²) in [6, 6.07) is 13.5. The predicted octanol–water partition coefficient (Wildman–Crippen LogP) is 2.65. The van der Waals surface area contributed by atoms with Crippen LogP contribution in [0.3, 0.4) is 0 Å². The molecule has 8 heteroatoms. The highest BCUT2D eigenvalue weighted by atomic mass is 16.5. The fraction of sp³-hybridized carbons (Fsp3) is 0.407. The third-order valence-corrected chi connectivity index (χ3v) is 5.37. The van der Waals surface area contributed by atoms with Crippen LogP contribution in [0.25, 0.3) is 0 Å². The fourth-order valence-electron chi connectivity index (χ4n) is 3.26. The van der Waals surface area contributed by atoms with Crippen molar-refractivity contribution in [3.63, 3.8) is 0 Å². The average molecular weight is 481 g/mol. The Bertz CT molecular complexity index is 979. The maximum atomic E-state index is 12.3. The quantitative estimate of drug-likeness (QED) is 0.149. The van der Waals surface area contributed by atoms with E-state index in [-0.39, 0.29) is 18.4 Å². The molecule has 35 heavy (non-hydrogen) atoms. The van der Waals surface area contributed by atoms with Crippen LogP contribution >= 0.6 is 0 Å². The average Bonchev–Trinajstić information content (AvgIpc) is 2.85. The summed E-state index contributed by atoms with van der Waals surface area (Å²) in [5.74, 6) is 5.70. The summed E-state index contributed by atoms with van der Waals surface area (Å²) in [4.78, 5) is 24.4. The molecule has 0 bridgehead atoms. The van der Waals surface area contributed by atoms with Gasteiger partial charge in [0.25, 0.3) is 5.91 Å². The third-order valence-electron chi connectivity index (χ3n) is 5.37. The Morgan fingerprint density at radius 1 is 0.943 bits per heavy atom. The van der Waals surface area contributed by atoms with Crippen LogP contribution in [0.2, 0.25) is 0 Å². The third kappa shape index (κ3) is 10.7. The molecule has 2 amide bonds. The summed E-state index contributed by atoms with van der Waals surface area (Å²) in [6.45, 7) is 4.88. The topological polar surface area (TPSA) is 123 Å². The lowest BCUT2D eigenvalue weighted by molar-refractivity contribution is -0.115. The minimum absolute atomic E-state index is 0.0332. The van der Waals surface area contributed by atoms with Crippen molar-refractivity contribution in [3.8, 4) is 11.8 Å². The van der Waals surface area contributed by atoms with Crippen molar-refractivity contribution in [3.05, 3.63) is 65.2 Å². The molecule has 2 rings (SSSR count). The number of hydrogen-bond donors (Lipinski definition) is 6. The van der Waals surface area contributed by atoms with Gasteiger partial charge in [0.1, 0.15) is 0 Å². The number of nitrogens with one attached hydrogen (secondary N) is 4. The molecule has 2 aromatic carbocycles. The van der Waals surface area contributed by atoms with E-state index in [1.54, 1.807) is 24.3 Å². The van der Waals surface area contributed by atoms with E-state index < -0.39 is 12.1 Å². The number of benzene rings is 2. The summed E-state index contributed by atoms with van der Waals surface area (Å²) < 4.78 is 0. The van der Waals surface area contributed by atoms with Crippen LogP contribution in [0.1, 0.15) is 61.0 Å². The lowest BCUT2D eigenvalue weighted by atomic mass is 10.1. The molecule has 0 aliphatic rings. The van der Waals surface area contributed by atoms with Crippen molar-refractivity contribution in [1.29, 1.82) is 0 Å². The Kier molecular flexibility index (Phi) is 12.5. The van der Waals surface area contributed by atoms with Gasteiger partial charge < -0.3 is 26.3 Å². The van der Waals surface area contributed by atoms with Crippen LogP contribution in [0.4, 0.5) is 5.69 Å². The van der Waals surface area contributed by atoms with Crippen LogP contribution in [-0.4, -0.2) is 53.9 Å². The van der Waals surface area contributed by atoms with Crippen LogP contribution < -0.4 is 21.4 Å². The number of amides is 2. The highest BCUT2D eigenvalue weighted by Gasteiger charge is 2.18. The molecule has 8 nitrogen and oxygen atoms in total. The van der Waals surface area contributed by atoms with Gasteiger partial charge in [0.15, 0.2) is 0 Å². The molecule has 0 spiro atoms. The number of aliphatic hydroxyl groups is 1. The lowest BCUT2D eigenvalue weighted by Gasteiger charge is -2.20. The van der Waals surface area contributed by atoms with Gasteiger partial charge in [-0.3, -0.25) is 9.59 Å². The van der Waals surface area contributed by atoms with Gasteiger partial charge in [-0.15, -0.1) is 0 Å². The van der Waals surface area contributed by atoms with Crippen molar-refractivity contribution < 1.29 is 19.9 Å². The van der Waals surface area contributed by atoms with E-state index in [4.69, 9.17) is 5.21 Å². The van der Waals surface area contributed by atoms with E-state index in [1.165, 1.54) is 26.2 Å². The van der Waals surface area contributed by atoms with Crippen LogP contribution in [0.15, 0.2) is 48.5 Å². The molecule has 0 fully saturated rings. The van der Waals surface area contributed by atoms with Gasteiger partial charge in [-0.2, -0.15) is 0 Å². The number of hydrogen-bond acceptors (Lipinski definition) is 6. The molecule has 0 saturated carbocycles. The Morgan fingerprint density at radius 3 is 2.14 bits per heavy atom. The molecule has 0 heterocycles. The van der Waals surface area contributed by atoms with Crippen LogP contribution in [0, 0.1) is 11.8 Å². The maximum Gasteiger partial charge on any atom is 0.251 e. The minimum atomic E-state index is -0.819. The summed E-state index contributed by atoms with van der Waals surface area (Å²) >= 11 is 0. The standard InChI is InChI=1S/C27H36N4O4/c1-3-4-5-6-17-28-19-26(33)30-24-15-11-22(12-16-24)8-7-21-9-13-23(14-10-21)27(34)31-25(18-29-35)20(2)32/h9-16,20,25,28-29,32,35H,3-6,17-19H2,1-2H3,(H,30,33)(H,31,34)/t20-,25+/m1/s1. The van der Waals surface area contributed by atoms with Crippen molar-refractivity contribution in [2.45, 2.75) is 51.7 Å². The smallest absolute Gasteiger partial charge is 0.251 e. The molecular formula is C27H36N4O4. The zero-order valence-corrected chi connectivity index (χ0v) is 20.4. The monoisotopic (exact) mass is 480 g/mol. The van der Waals surface area contributed by atoms with Crippen molar-refractivity contribution in [2.24, 2.45) is 0 Å². The van der Waals surface area contributed by atoms with E-state index in [2.05, 4.69) is 34.7 Å². The van der Waals surface area contributed by atoms with E-state index >= 15 is 0 Å². The predicted molar refractivity (Wildman–Crippen MR) is 137 cm³/mol. The van der Waals surface area contributed by atoms with Gasteiger partial charge >= 0.3 is 0 Å². The molecule has 0 aliphatic heterocycles. The molecule has 6 N–H and O–H groups in total. The molecule has 0 saturated heterocycles. The van der Waals surface area contributed by atoms with Crippen molar-refractivity contribution in [2.75, 3.05) is 25.0 Å². The number of anilines is 1. The van der Waals surface area contributed by atoms with Crippen molar-refractivity contribution >= 4 is 17.5 Å². The van der Waals surface area contributed by atoms with Crippen molar-refractivity contribution in [1.82, 2.24) is 16.1 Å². The Morgan fingerprint density at radius 2 is 1.57 bits per heavy atom. The zero-order valence-electron chi connectivity index (χ0n) is 20.4. The second-order valence-corrected chi connectivity index (χ2v) is 8.37. The molecule has 2 aromatic rings. The molecule has 2 atom stereocenters. The number of unbranched alkanes of at least 4 members (excludes halogenated alkanes) is 3. The molecule has 188 valence electrons. The highest BCUT2D eigenvalue weighted by molar-refractivity contribution is 5.94. The van der Waals surface area contributed by atoms with E-state index in [9.17, 15) is 14.7 Å². The number of rotatable bonds is 13. The summed E-state index contributed by atoms with van der Waals surface area (Å²) in [6.07, 6.45) is 3.86. The second kappa shape index (κ2) is 15.6. The Labute approximate surface area is 207 Å². The first kappa shape index (κ1) is 28.0. The van der Waals surface area contributed by atoms with Gasteiger partial charge in [-0.1, -0.05) is 38.0 Å². The maximum absolute atomic E-state index is 12.3. The number of carbonyl (C=O) groups excluding carboxylic acids is 2. The van der Waals surface area contributed by atoms with Gasteiger partial charge in [-0.05, 0) is 68.4 Å². The normalized spacial score (nSPS) is 12.2. The first-order valence-electron chi connectivity index (χ1n) is 12.0. The second-order valence-electron chi connectivity index (χ2n) is 8.37. The number of carbonyl (C=O) groups is 2. The van der Waals surface area contributed by atoms with E-state index in [0.717, 1.165) is 29.8 Å². The first-order chi connectivity index (χ1) is 16.9. The van der Waals surface area contributed by atoms with E-state index in [1.807, 2.05) is 29.7 Å². The number of hydroxylamine groups is 1. The first-order valence-corrected chi connectivity index (χ1v) is 12.0. The SMILES string of the molecule is CCCCCCNCC(=O)Nc1ccc(C#Cc2ccc(C(=O)N[C@@H](CNO)[C@@H](C)O)cc2)cc1. The lowest BCUT2D eigenvalue weighted by Crippen LogP contribution is -2.47. The van der Waals surface area contributed by atoms with Gasteiger partial charge in [0, 0.05) is 28.9 Å². The van der Waals surface area contributed by atoms with Gasteiger partial charge in [-0.25, -0.2) is 5.48 Å². The molecule has 0 radical (unpaired) electrons. The van der Waals surface area contributed by atoms with Gasteiger partial charge in [0.2, 0.25) is 5.91 Å². The largest absolute Gasteiger partial charge is 0.391 e.